The summed E-state index contributed by atoms with van der Waals surface area (Å²) >= 11 is 0. The van der Waals surface area contributed by atoms with Gasteiger partial charge in [0.05, 0.1) is 6.20 Å². The Balaban J connectivity index is 2.16. The van der Waals surface area contributed by atoms with Gasteiger partial charge in [-0.15, -0.1) is 0 Å². The summed E-state index contributed by atoms with van der Waals surface area (Å²) in [5.41, 5.74) is 0.764. The van der Waals surface area contributed by atoms with Crippen LogP contribution in [0.3, 0.4) is 0 Å². The van der Waals surface area contributed by atoms with Crippen LogP contribution in [0.1, 0.15) is 18.9 Å². The molecule has 0 aliphatic rings. The van der Waals surface area contributed by atoms with E-state index >= 15 is 0 Å². The Hall–Kier alpha value is -1.93. The van der Waals surface area contributed by atoms with Gasteiger partial charge in [0.25, 0.3) is 0 Å². The first-order valence-corrected chi connectivity index (χ1v) is 7.78. The van der Waals surface area contributed by atoms with Gasteiger partial charge in [-0.3, -0.25) is 5.10 Å². The summed E-state index contributed by atoms with van der Waals surface area (Å²) < 4.78 is 27.1. The molecule has 7 nitrogen and oxygen atoms in total. The van der Waals surface area contributed by atoms with Crippen LogP contribution < -0.4 is 10.0 Å². The Morgan fingerprint density at radius 3 is 2.95 bits per heavy atom. The largest absolute Gasteiger partial charge is 0.369 e. The van der Waals surface area contributed by atoms with Crippen molar-refractivity contribution in [3.05, 3.63) is 36.3 Å². The molecule has 0 amide bonds. The molecule has 8 heteroatoms. The van der Waals surface area contributed by atoms with E-state index in [1.807, 2.05) is 6.92 Å². The highest BCUT2D eigenvalue weighted by Gasteiger charge is 2.18. The van der Waals surface area contributed by atoms with Crippen molar-refractivity contribution in [3.8, 4) is 0 Å². The summed E-state index contributed by atoms with van der Waals surface area (Å²) in [5, 5.41) is 9.42. The molecule has 2 aromatic rings. The van der Waals surface area contributed by atoms with Crippen molar-refractivity contribution in [1.29, 1.82) is 0 Å². The maximum Gasteiger partial charge on any atom is 0.244 e. The van der Waals surface area contributed by atoms with Crippen LogP contribution in [0.15, 0.2) is 35.6 Å². The van der Waals surface area contributed by atoms with Crippen molar-refractivity contribution in [2.24, 2.45) is 0 Å². The minimum atomic E-state index is -3.61. The zero-order chi connectivity index (χ0) is 14.4. The molecular weight excluding hydrogens is 278 g/mol. The maximum atomic E-state index is 12.3. The highest BCUT2D eigenvalue weighted by atomic mass is 32.2. The molecule has 2 heterocycles. The van der Waals surface area contributed by atoms with Gasteiger partial charge in [-0.2, -0.15) is 5.10 Å². The fourth-order valence-corrected chi connectivity index (χ4v) is 2.76. The number of H-pyrrole nitrogens is 1. The van der Waals surface area contributed by atoms with Crippen molar-refractivity contribution < 1.29 is 8.42 Å². The standard InChI is InChI=1S/C12H17N5O2S/c1-2-5-13-12-11(4-3-6-14-12)20(18,19)17-9-10-7-15-16-8-10/h3-4,6-8,17H,2,5,9H2,1H3,(H,13,14)(H,15,16). The third-order valence-corrected chi connectivity index (χ3v) is 4.06. The first kappa shape index (κ1) is 14.5. The molecule has 2 rings (SSSR count). The van der Waals surface area contributed by atoms with E-state index < -0.39 is 10.0 Å². The number of hydrogen-bond donors (Lipinski definition) is 3. The molecule has 0 aliphatic heterocycles. The van der Waals surface area contributed by atoms with Gasteiger partial charge >= 0.3 is 0 Å². The van der Waals surface area contributed by atoms with E-state index in [2.05, 4.69) is 25.2 Å². The molecule has 0 saturated heterocycles. The molecule has 108 valence electrons. The predicted octanol–water partition coefficient (Wildman–Crippen LogP) is 1.11. The van der Waals surface area contributed by atoms with E-state index in [1.165, 1.54) is 6.07 Å². The lowest BCUT2D eigenvalue weighted by atomic mass is 10.4. The quantitative estimate of drug-likeness (QED) is 0.710. The second-order valence-corrected chi connectivity index (χ2v) is 5.94. The molecule has 0 radical (unpaired) electrons. The van der Waals surface area contributed by atoms with Crippen LogP contribution in [0.2, 0.25) is 0 Å². The van der Waals surface area contributed by atoms with Crippen molar-refractivity contribution in [3.63, 3.8) is 0 Å². The van der Waals surface area contributed by atoms with Crippen LogP contribution in [-0.2, 0) is 16.6 Å². The smallest absolute Gasteiger partial charge is 0.244 e. The Kier molecular flexibility index (Phi) is 4.70. The number of pyridine rings is 1. The minimum absolute atomic E-state index is 0.150. The van der Waals surface area contributed by atoms with Crippen LogP contribution in [-0.4, -0.2) is 30.1 Å². The van der Waals surface area contributed by atoms with E-state index in [1.54, 1.807) is 24.7 Å². The lowest BCUT2D eigenvalue weighted by Gasteiger charge is -2.11. The molecule has 0 aromatic carbocycles. The van der Waals surface area contributed by atoms with Gasteiger partial charge in [0.1, 0.15) is 10.7 Å². The second-order valence-electron chi connectivity index (χ2n) is 4.21. The number of aromatic nitrogens is 3. The van der Waals surface area contributed by atoms with E-state index in [0.717, 1.165) is 12.0 Å². The molecule has 2 aromatic heterocycles. The zero-order valence-corrected chi connectivity index (χ0v) is 11.9. The second kappa shape index (κ2) is 6.49. The summed E-state index contributed by atoms with van der Waals surface area (Å²) in [6.07, 6.45) is 5.66. The van der Waals surface area contributed by atoms with Crippen LogP contribution in [0.25, 0.3) is 0 Å². The van der Waals surface area contributed by atoms with E-state index in [4.69, 9.17) is 0 Å². The summed E-state index contributed by atoms with van der Waals surface area (Å²) in [4.78, 5) is 4.23. The highest BCUT2D eigenvalue weighted by molar-refractivity contribution is 7.89. The number of rotatable bonds is 7. The van der Waals surface area contributed by atoms with Crippen molar-refractivity contribution in [1.82, 2.24) is 19.9 Å². The number of anilines is 1. The number of aromatic amines is 1. The third kappa shape index (κ3) is 3.55. The van der Waals surface area contributed by atoms with Crippen LogP contribution >= 0.6 is 0 Å². The number of nitrogens with zero attached hydrogens (tertiary/aromatic N) is 2. The zero-order valence-electron chi connectivity index (χ0n) is 11.1. The van der Waals surface area contributed by atoms with Crippen LogP contribution in [0.5, 0.6) is 0 Å². The van der Waals surface area contributed by atoms with Crippen molar-refractivity contribution in [2.75, 3.05) is 11.9 Å². The van der Waals surface area contributed by atoms with Crippen LogP contribution in [0.4, 0.5) is 5.82 Å². The summed E-state index contributed by atoms with van der Waals surface area (Å²) in [6, 6.07) is 3.13. The van der Waals surface area contributed by atoms with Gasteiger partial charge in [0.2, 0.25) is 10.0 Å². The molecule has 0 unspecified atom stereocenters. The Bertz CT molecular complexity index is 640. The molecule has 3 N–H and O–H groups in total. The molecule has 0 atom stereocenters. The molecule has 20 heavy (non-hydrogen) atoms. The van der Waals surface area contributed by atoms with Gasteiger partial charge in [0.15, 0.2) is 0 Å². The Labute approximate surface area is 117 Å². The van der Waals surface area contributed by atoms with Gasteiger partial charge in [-0.05, 0) is 18.6 Å². The molecule has 0 bridgehead atoms. The minimum Gasteiger partial charge on any atom is -0.369 e. The first-order chi connectivity index (χ1) is 9.63. The summed E-state index contributed by atoms with van der Waals surface area (Å²) in [5.74, 6) is 0.369. The molecule has 0 aliphatic carbocycles. The number of nitrogens with one attached hydrogen (secondary N) is 3. The fourth-order valence-electron chi connectivity index (χ4n) is 1.61. The van der Waals surface area contributed by atoms with Gasteiger partial charge in [-0.25, -0.2) is 18.1 Å². The first-order valence-electron chi connectivity index (χ1n) is 6.29. The van der Waals surface area contributed by atoms with E-state index in [-0.39, 0.29) is 11.4 Å². The van der Waals surface area contributed by atoms with Gasteiger partial charge in [0, 0.05) is 31.0 Å². The predicted molar refractivity (Wildman–Crippen MR) is 75.6 cm³/mol. The van der Waals surface area contributed by atoms with Gasteiger partial charge < -0.3 is 5.32 Å². The summed E-state index contributed by atoms with van der Waals surface area (Å²) in [6.45, 7) is 2.85. The molecule has 0 spiro atoms. The van der Waals surface area contributed by atoms with Crippen LogP contribution in [0, 0.1) is 0 Å². The van der Waals surface area contributed by atoms with Crippen molar-refractivity contribution in [2.45, 2.75) is 24.8 Å². The normalized spacial score (nSPS) is 11.4. The van der Waals surface area contributed by atoms with E-state index in [0.29, 0.717) is 12.4 Å². The lowest BCUT2D eigenvalue weighted by Crippen LogP contribution is -2.24. The summed E-state index contributed by atoms with van der Waals surface area (Å²) in [7, 11) is -3.61. The molecular formula is C12H17N5O2S. The maximum absolute atomic E-state index is 12.3. The Morgan fingerprint density at radius 2 is 2.25 bits per heavy atom. The average Bonchev–Trinajstić information content (AvgIpc) is 2.97. The number of sulfonamides is 1. The average molecular weight is 295 g/mol. The fraction of sp³-hybridized carbons (Fsp3) is 0.333. The molecule has 0 fully saturated rings. The Morgan fingerprint density at radius 1 is 1.40 bits per heavy atom. The lowest BCUT2D eigenvalue weighted by molar-refractivity contribution is 0.581. The monoisotopic (exact) mass is 295 g/mol. The molecule has 0 saturated carbocycles. The SMILES string of the molecule is CCCNc1ncccc1S(=O)(=O)NCc1cn[nH]c1. The third-order valence-electron chi connectivity index (χ3n) is 2.62. The topological polar surface area (TPSA) is 99.8 Å². The number of hydrogen-bond acceptors (Lipinski definition) is 5. The van der Waals surface area contributed by atoms with Crippen molar-refractivity contribution >= 4 is 15.8 Å². The van der Waals surface area contributed by atoms with Gasteiger partial charge in [-0.1, -0.05) is 6.92 Å². The highest BCUT2D eigenvalue weighted by Crippen LogP contribution is 2.18. The van der Waals surface area contributed by atoms with E-state index in [9.17, 15) is 8.42 Å².